The van der Waals surface area contributed by atoms with Crippen molar-refractivity contribution in [3.05, 3.63) is 87.5 Å². The molecule has 0 radical (unpaired) electrons. The van der Waals surface area contributed by atoms with Gasteiger partial charge in [-0.25, -0.2) is 0 Å². The van der Waals surface area contributed by atoms with Crippen molar-refractivity contribution in [2.24, 2.45) is 0 Å². The van der Waals surface area contributed by atoms with E-state index in [1.807, 2.05) is 6.07 Å². The van der Waals surface area contributed by atoms with Crippen LogP contribution in [0.25, 0.3) is 16.3 Å². The summed E-state index contributed by atoms with van der Waals surface area (Å²) in [6.07, 6.45) is 4.48. The number of nitro groups is 1. The highest BCUT2D eigenvalue weighted by Gasteiger charge is 2.31. The van der Waals surface area contributed by atoms with Gasteiger partial charge in [-0.15, -0.1) is 0 Å². The van der Waals surface area contributed by atoms with Crippen molar-refractivity contribution in [2.75, 3.05) is 5.32 Å². The maximum atomic E-state index is 11.2. The summed E-state index contributed by atoms with van der Waals surface area (Å²) in [6, 6.07) is 19.9. The highest BCUT2D eigenvalue weighted by atomic mass is 16.6. The van der Waals surface area contributed by atoms with E-state index >= 15 is 0 Å². The summed E-state index contributed by atoms with van der Waals surface area (Å²) in [5.41, 5.74) is 6.40. The second-order valence-corrected chi connectivity index (χ2v) is 7.35. The number of nitro benzene ring substituents is 1. The maximum absolute atomic E-state index is 11.2. The van der Waals surface area contributed by atoms with Gasteiger partial charge >= 0.3 is 0 Å². The molecule has 0 bridgehead atoms. The minimum absolute atomic E-state index is 0.00821. The number of hydrogen-bond acceptors (Lipinski definition) is 3. The number of allylic oxidation sites excluding steroid dienone is 1. The first-order chi connectivity index (χ1) is 13.2. The molecule has 3 aromatic carbocycles. The standard InChI is InChI=1S/C23H20N2O2/c26-25(27)17-8-5-7-16(14-17)23-20-11-4-3-10-19(20)22-18-9-2-1-6-15(18)12-13-21(22)24-23/h1-2,5-9,12-14,23-24H,3-4,10-11H2/t23-/m0/s1. The topological polar surface area (TPSA) is 55.2 Å². The Balaban J connectivity index is 1.71. The van der Waals surface area contributed by atoms with Crippen LogP contribution in [-0.2, 0) is 0 Å². The van der Waals surface area contributed by atoms with Gasteiger partial charge in [0.2, 0.25) is 0 Å². The molecular weight excluding hydrogens is 336 g/mol. The van der Waals surface area contributed by atoms with Crippen molar-refractivity contribution in [1.29, 1.82) is 0 Å². The number of fused-ring (bicyclic) bond motifs is 4. The highest BCUT2D eigenvalue weighted by molar-refractivity contribution is 6.01. The van der Waals surface area contributed by atoms with Crippen molar-refractivity contribution in [3.8, 4) is 0 Å². The molecule has 1 atom stereocenters. The smallest absolute Gasteiger partial charge is 0.269 e. The van der Waals surface area contributed by atoms with Gasteiger partial charge in [0.15, 0.2) is 0 Å². The van der Waals surface area contributed by atoms with E-state index in [-0.39, 0.29) is 16.7 Å². The Morgan fingerprint density at radius 2 is 1.81 bits per heavy atom. The molecule has 4 heteroatoms. The quantitative estimate of drug-likeness (QED) is 0.436. The minimum atomic E-state index is -0.316. The molecule has 0 spiro atoms. The third-order valence-corrected chi connectivity index (χ3v) is 5.80. The molecule has 0 fully saturated rings. The van der Waals surface area contributed by atoms with Gasteiger partial charge in [0, 0.05) is 23.4 Å². The number of rotatable bonds is 2. The Morgan fingerprint density at radius 3 is 2.70 bits per heavy atom. The van der Waals surface area contributed by atoms with Crippen LogP contribution in [0.4, 0.5) is 11.4 Å². The van der Waals surface area contributed by atoms with E-state index in [0.29, 0.717) is 0 Å². The summed E-state index contributed by atoms with van der Waals surface area (Å²) in [7, 11) is 0. The summed E-state index contributed by atoms with van der Waals surface area (Å²) in [5, 5.41) is 17.5. The molecular formula is C23H20N2O2. The first-order valence-corrected chi connectivity index (χ1v) is 9.47. The van der Waals surface area contributed by atoms with Crippen LogP contribution in [0.3, 0.4) is 0 Å². The molecule has 0 saturated carbocycles. The number of nitrogens with one attached hydrogen (secondary N) is 1. The van der Waals surface area contributed by atoms with Gasteiger partial charge in [-0.05, 0) is 59.2 Å². The van der Waals surface area contributed by atoms with Crippen LogP contribution in [0.2, 0.25) is 0 Å². The molecule has 1 aliphatic carbocycles. The van der Waals surface area contributed by atoms with E-state index in [1.165, 1.54) is 40.3 Å². The number of benzene rings is 3. The molecule has 1 N–H and O–H groups in total. The third-order valence-electron chi connectivity index (χ3n) is 5.80. The lowest BCUT2D eigenvalue weighted by Crippen LogP contribution is -2.22. The fraction of sp³-hybridized carbons (Fsp3) is 0.217. The van der Waals surface area contributed by atoms with E-state index in [2.05, 4.69) is 41.7 Å². The molecule has 0 aromatic heterocycles. The van der Waals surface area contributed by atoms with Gasteiger partial charge in [-0.2, -0.15) is 0 Å². The zero-order valence-corrected chi connectivity index (χ0v) is 14.9. The van der Waals surface area contributed by atoms with E-state index in [0.717, 1.165) is 24.1 Å². The molecule has 27 heavy (non-hydrogen) atoms. The number of anilines is 1. The lowest BCUT2D eigenvalue weighted by molar-refractivity contribution is -0.384. The Hall–Kier alpha value is -3.14. The Kier molecular flexibility index (Phi) is 3.71. The van der Waals surface area contributed by atoms with Gasteiger partial charge in [0.05, 0.1) is 11.0 Å². The third kappa shape index (κ3) is 2.60. The fourth-order valence-electron chi connectivity index (χ4n) is 4.59. The predicted octanol–water partition coefficient (Wildman–Crippen LogP) is 6.24. The molecule has 1 heterocycles. The van der Waals surface area contributed by atoms with E-state index in [4.69, 9.17) is 0 Å². The Labute approximate surface area is 157 Å². The van der Waals surface area contributed by atoms with E-state index < -0.39 is 0 Å². The summed E-state index contributed by atoms with van der Waals surface area (Å²) in [5.74, 6) is 0. The van der Waals surface area contributed by atoms with Gasteiger partial charge in [0.25, 0.3) is 5.69 Å². The number of nitrogens with zero attached hydrogens (tertiary/aromatic N) is 1. The van der Waals surface area contributed by atoms with Crippen LogP contribution >= 0.6 is 0 Å². The minimum Gasteiger partial charge on any atom is -0.374 e. The number of non-ortho nitro benzene ring substituents is 1. The molecule has 4 nitrogen and oxygen atoms in total. The maximum Gasteiger partial charge on any atom is 0.269 e. The van der Waals surface area contributed by atoms with Crippen LogP contribution in [-0.4, -0.2) is 4.92 Å². The fourth-order valence-corrected chi connectivity index (χ4v) is 4.59. The lowest BCUT2D eigenvalue weighted by atomic mass is 9.77. The first-order valence-electron chi connectivity index (χ1n) is 9.47. The first kappa shape index (κ1) is 16.1. The van der Waals surface area contributed by atoms with Crippen molar-refractivity contribution in [3.63, 3.8) is 0 Å². The van der Waals surface area contributed by atoms with Crippen molar-refractivity contribution in [1.82, 2.24) is 0 Å². The molecule has 134 valence electrons. The summed E-state index contributed by atoms with van der Waals surface area (Å²) >= 11 is 0. The molecule has 0 unspecified atom stereocenters. The van der Waals surface area contributed by atoms with Crippen molar-refractivity contribution >= 4 is 27.7 Å². The average Bonchev–Trinajstić information content (AvgIpc) is 2.72. The summed E-state index contributed by atoms with van der Waals surface area (Å²) < 4.78 is 0. The van der Waals surface area contributed by atoms with E-state index in [1.54, 1.807) is 18.2 Å². The molecule has 1 aliphatic heterocycles. The van der Waals surface area contributed by atoms with Crippen molar-refractivity contribution in [2.45, 2.75) is 31.7 Å². The van der Waals surface area contributed by atoms with Crippen LogP contribution in [0.1, 0.15) is 42.9 Å². The monoisotopic (exact) mass is 356 g/mol. The van der Waals surface area contributed by atoms with Gasteiger partial charge in [-0.1, -0.05) is 42.5 Å². The zero-order valence-electron chi connectivity index (χ0n) is 14.9. The largest absolute Gasteiger partial charge is 0.374 e. The van der Waals surface area contributed by atoms with Gasteiger partial charge < -0.3 is 5.32 Å². The molecule has 2 aliphatic rings. The van der Waals surface area contributed by atoms with Crippen LogP contribution < -0.4 is 5.32 Å². The second-order valence-electron chi connectivity index (χ2n) is 7.35. The molecule has 0 amide bonds. The number of hydrogen-bond donors (Lipinski definition) is 1. The predicted molar refractivity (Wildman–Crippen MR) is 109 cm³/mol. The SMILES string of the molecule is O=[N+]([O-])c1cccc([C@@H]2Nc3ccc4ccccc4c3C3=C2CCCC3)c1. The molecule has 3 aromatic rings. The average molecular weight is 356 g/mol. The second kappa shape index (κ2) is 6.23. The van der Waals surface area contributed by atoms with Crippen molar-refractivity contribution < 1.29 is 4.92 Å². The van der Waals surface area contributed by atoms with Crippen LogP contribution in [0.5, 0.6) is 0 Å². The highest BCUT2D eigenvalue weighted by Crippen LogP contribution is 2.49. The van der Waals surface area contributed by atoms with Crippen LogP contribution in [0.15, 0.2) is 66.2 Å². The Morgan fingerprint density at radius 1 is 0.963 bits per heavy atom. The van der Waals surface area contributed by atoms with Gasteiger partial charge in [0.1, 0.15) is 0 Å². The molecule has 5 rings (SSSR count). The van der Waals surface area contributed by atoms with Gasteiger partial charge in [-0.3, -0.25) is 10.1 Å². The normalized spacial score (nSPS) is 18.6. The Bertz CT molecular complexity index is 1100. The lowest BCUT2D eigenvalue weighted by Gasteiger charge is -2.36. The summed E-state index contributed by atoms with van der Waals surface area (Å²) in [4.78, 5) is 10.9. The molecule has 0 saturated heterocycles. The van der Waals surface area contributed by atoms with Crippen LogP contribution in [0, 0.1) is 10.1 Å². The van der Waals surface area contributed by atoms with E-state index in [9.17, 15) is 10.1 Å². The summed E-state index contributed by atoms with van der Waals surface area (Å²) in [6.45, 7) is 0. The zero-order chi connectivity index (χ0) is 18.4.